The lowest BCUT2D eigenvalue weighted by Crippen LogP contribution is -2.32. The molecular weight excluding hydrogens is 240 g/mol. The summed E-state index contributed by atoms with van der Waals surface area (Å²) < 4.78 is 0. The zero-order chi connectivity index (χ0) is 13.7. The number of carbonyl (C=O) groups excluding carboxylic acids is 2. The fraction of sp³-hybridized carbons (Fsp3) is 0.467. The lowest BCUT2D eigenvalue weighted by atomic mass is 9.87. The molecule has 102 valence electrons. The van der Waals surface area contributed by atoms with E-state index in [1.54, 1.807) is 0 Å². The first-order valence-corrected chi connectivity index (χ1v) is 6.71. The minimum absolute atomic E-state index is 0.102. The number of primary amides is 1. The van der Waals surface area contributed by atoms with Gasteiger partial charge in [-0.2, -0.15) is 0 Å². The molecule has 3 N–H and O–H groups in total. The first kappa shape index (κ1) is 13.7. The zero-order valence-electron chi connectivity index (χ0n) is 10.9. The second-order valence-corrected chi connectivity index (χ2v) is 5.20. The minimum atomic E-state index is -0.250. The molecule has 0 aliphatic carbocycles. The molecule has 1 saturated heterocycles. The average molecular weight is 260 g/mol. The van der Waals surface area contributed by atoms with E-state index < -0.39 is 0 Å². The van der Waals surface area contributed by atoms with Crippen LogP contribution < -0.4 is 11.1 Å². The van der Waals surface area contributed by atoms with Crippen LogP contribution in [0, 0.1) is 11.8 Å². The molecule has 1 aromatic carbocycles. The Balaban J connectivity index is 2.00. The molecule has 0 bridgehead atoms. The van der Waals surface area contributed by atoms with Gasteiger partial charge >= 0.3 is 0 Å². The third-order valence-corrected chi connectivity index (χ3v) is 3.88. The van der Waals surface area contributed by atoms with Crippen molar-refractivity contribution in [3.05, 3.63) is 35.9 Å². The molecule has 0 saturated carbocycles. The number of benzene rings is 1. The average Bonchev–Trinajstić information content (AvgIpc) is 2.89. The van der Waals surface area contributed by atoms with Gasteiger partial charge in [0.05, 0.1) is 5.92 Å². The standard InChI is InChI=1S/C15H20N2O2/c16-15(19)13-9-14(17-10-13)12(6-7-18)8-11-4-2-1-3-5-11/h1-5,7,12-14,17H,6,8-10H2,(H2,16,19). The van der Waals surface area contributed by atoms with Gasteiger partial charge in [-0.25, -0.2) is 0 Å². The van der Waals surface area contributed by atoms with E-state index in [1.165, 1.54) is 5.56 Å². The van der Waals surface area contributed by atoms with Gasteiger partial charge in [-0.05, 0) is 24.3 Å². The largest absolute Gasteiger partial charge is 0.369 e. The summed E-state index contributed by atoms with van der Waals surface area (Å²) in [5, 5.41) is 3.33. The number of hydrogen-bond donors (Lipinski definition) is 2. The van der Waals surface area contributed by atoms with Gasteiger partial charge in [0.15, 0.2) is 0 Å². The van der Waals surface area contributed by atoms with Gasteiger partial charge in [-0.15, -0.1) is 0 Å². The van der Waals surface area contributed by atoms with Crippen molar-refractivity contribution < 1.29 is 9.59 Å². The third-order valence-electron chi connectivity index (χ3n) is 3.88. The molecule has 19 heavy (non-hydrogen) atoms. The Bertz CT molecular complexity index is 433. The molecule has 1 aliphatic rings. The summed E-state index contributed by atoms with van der Waals surface area (Å²) in [6, 6.07) is 10.3. The Hall–Kier alpha value is -1.68. The normalized spacial score (nSPS) is 24.0. The summed E-state index contributed by atoms with van der Waals surface area (Å²) >= 11 is 0. The molecule has 2 rings (SSSR count). The molecule has 4 nitrogen and oxygen atoms in total. The predicted molar refractivity (Wildman–Crippen MR) is 73.4 cm³/mol. The monoisotopic (exact) mass is 260 g/mol. The molecule has 1 aromatic rings. The second kappa shape index (κ2) is 6.48. The van der Waals surface area contributed by atoms with Crippen LogP contribution in [0.3, 0.4) is 0 Å². The maximum Gasteiger partial charge on any atom is 0.221 e. The fourth-order valence-electron chi connectivity index (χ4n) is 2.77. The number of carbonyl (C=O) groups is 2. The lowest BCUT2D eigenvalue weighted by molar-refractivity contribution is -0.121. The molecule has 1 aliphatic heterocycles. The molecule has 1 fully saturated rings. The van der Waals surface area contributed by atoms with Crippen LogP contribution in [0.1, 0.15) is 18.4 Å². The topological polar surface area (TPSA) is 72.2 Å². The number of hydrogen-bond acceptors (Lipinski definition) is 3. The van der Waals surface area contributed by atoms with Crippen molar-refractivity contribution in [1.82, 2.24) is 5.32 Å². The molecular formula is C15H20N2O2. The van der Waals surface area contributed by atoms with Gasteiger partial charge in [-0.1, -0.05) is 30.3 Å². The highest BCUT2D eigenvalue weighted by atomic mass is 16.1. The highest BCUT2D eigenvalue weighted by Gasteiger charge is 2.32. The van der Waals surface area contributed by atoms with E-state index in [1.807, 2.05) is 18.2 Å². The minimum Gasteiger partial charge on any atom is -0.369 e. The van der Waals surface area contributed by atoms with Crippen molar-refractivity contribution in [2.75, 3.05) is 6.54 Å². The maximum atomic E-state index is 11.2. The van der Waals surface area contributed by atoms with Crippen molar-refractivity contribution in [3.8, 4) is 0 Å². The van der Waals surface area contributed by atoms with Crippen molar-refractivity contribution in [2.45, 2.75) is 25.3 Å². The van der Waals surface area contributed by atoms with Gasteiger partial charge in [0.25, 0.3) is 0 Å². The molecule has 0 spiro atoms. The Morgan fingerprint density at radius 1 is 1.42 bits per heavy atom. The number of nitrogens with two attached hydrogens (primary N) is 1. The van der Waals surface area contributed by atoms with E-state index in [9.17, 15) is 9.59 Å². The van der Waals surface area contributed by atoms with Crippen LogP contribution in [0.15, 0.2) is 30.3 Å². The first-order chi connectivity index (χ1) is 9.20. The summed E-state index contributed by atoms with van der Waals surface area (Å²) in [4.78, 5) is 22.1. The van der Waals surface area contributed by atoms with Gasteiger partial charge < -0.3 is 15.8 Å². The Morgan fingerprint density at radius 2 is 2.16 bits per heavy atom. The molecule has 1 heterocycles. The fourth-order valence-corrected chi connectivity index (χ4v) is 2.77. The van der Waals surface area contributed by atoms with Crippen molar-refractivity contribution in [1.29, 1.82) is 0 Å². The molecule has 1 amide bonds. The quantitative estimate of drug-likeness (QED) is 0.746. The van der Waals surface area contributed by atoms with Gasteiger partial charge in [0.2, 0.25) is 5.91 Å². The highest BCUT2D eigenvalue weighted by molar-refractivity contribution is 5.77. The number of aldehydes is 1. The van der Waals surface area contributed by atoms with Crippen LogP contribution in [0.5, 0.6) is 0 Å². The molecule has 4 heteroatoms. The SMILES string of the molecule is NC(=O)C1CNC(C(CC=O)Cc2ccccc2)C1. The highest BCUT2D eigenvalue weighted by Crippen LogP contribution is 2.24. The van der Waals surface area contributed by atoms with Gasteiger partial charge in [0, 0.05) is 19.0 Å². The van der Waals surface area contributed by atoms with Crippen molar-refractivity contribution >= 4 is 12.2 Å². The van der Waals surface area contributed by atoms with E-state index in [0.29, 0.717) is 13.0 Å². The van der Waals surface area contributed by atoms with Crippen LogP contribution in [0.25, 0.3) is 0 Å². The van der Waals surface area contributed by atoms with Gasteiger partial charge in [0.1, 0.15) is 6.29 Å². The summed E-state index contributed by atoms with van der Waals surface area (Å²) in [5.41, 5.74) is 6.56. The van der Waals surface area contributed by atoms with E-state index in [4.69, 9.17) is 5.73 Å². The third kappa shape index (κ3) is 3.64. The van der Waals surface area contributed by atoms with Crippen LogP contribution in [-0.2, 0) is 16.0 Å². The predicted octanol–water partition coefficient (Wildman–Crippen LogP) is 0.898. The van der Waals surface area contributed by atoms with Crippen LogP contribution in [0.2, 0.25) is 0 Å². The summed E-state index contributed by atoms with van der Waals surface area (Å²) in [5.74, 6) is -0.126. The Kier molecular flexibility index (Phi) is 4.68. The molecule has 0 radical (unpaired) electrons. The molecule has 3 unspecified atom stereocenters. The van der Waals surface area contributed by atoms with Crippen LogP contribution >= 0.6 is 0 Å². The maximum absolute atomic E-state index is 11.2. The van der Waals surface area contributed by atoms with Crippen molar-refractivity contribution in [2.24, 2.45) is 17.6 Å². The Labute approximate surface area is 113 Å². The molecule has 3 atom stereocenters. The summed E-state index contributed by atoms with van der Waals surface area (Å²) in [6.07, 6.45) is 3.06. The number of nitrogens with one attached hydrogen (secondary N) is 1. The molecule has 0 aromatic heterocycles. The van der Waals surface area contributed by atoms with Gasteiger partial charge in [-0.3, -0.25) is 4.79 Å². The zero-order valence-corrected chi connectivity index (χ0v) is 10.9. The summed E-state index contributed by atoms with van der Waals surface area (Å²) in [7, 11) is 0. The van der Waals surface area contributed by atoms with E-state index in [0.717, 1.165) is 19.1 Å². The summed E-state index contributed by atoms with van der Waals surface area (Å²) in [6.45, 7) is 0.629. The Morgan fingerprint density at radius 3 is 2.74 bits per heavy atom. The van der Waals surface area contributed by atoms with Crippen molar-refractivity contribution in [3.63, 3.8) is 0 Å². The first-order valence-electron chi connectivity index (χ1n) is 6.71. The van der Waals surface area contributed by atoms with E-state index in [2.05, 4.69) is 17.4 Å². The second-order valence-electron chi connectivity index (χ2n) is 5.20. The van der Waals surface area contributed by atoms with E-state index in [-0.39, 0.29) is 23.8 Å². The number of amides is 1. The van der Waals surface area contributed by atoms with Crippen LogP contribution in [-0.4, -0.2) is 24.8 Å². The van der Waals surface area contributed by atoms with Crippen LogP contribution in [0.4, 0.5) is 0 Å². The smallest absolute Gasteiger partial charge is 0.221 e. The number of rotatable bonds is 6. The van der Waals surface area contributed by atoms with E-state index >= 15 is 0 Å². The lowest BCUT2D eigenvalue weighted by Gasteiger charge is -2.22.